The normalized spacial score (nSPS) is 19.7. The van der Waals surface area contributed by atoms with Crippen molar-refractivity contribution in [1.29, 1.82) is 0 Å². The molecule has 0 aliphatic rings. The third-order valence-electron chi connectivity index (χ3n) is 1.86. The molecule has 0 aliphatic heterocycles. The van der Waals surface area contributed by atoms with Gasteiger partial charge in [0.15, 0.2) is 0 Å². The van der Waals surface area contributed by atoms with Crippen LogP contribution >= 0.6 is 0 Å². The lowest BCUT2D eigenvalue weighted by Gasteiger charge is -2.36. The highest BCUT2D eigenvalue weighted by Crippen LogP contribution is 2.00. The van der Waals surface area contributed by atoms with Crippen molar-refractivity contribution in [2.24, 2.45) is 0 Å². The first kappa shape index (κ1) is 9.35. The zero-order valence-corrected chi connectivity index (χ0v) is 10.6. The molecule has 0 radical (unpaired) electrons. The molecule has 4 heteroatoms. The molecule has 0 saturated heterocycles. The third-order valence-corrected chi connectivity index (χ3v) is 5.32. The molecule has 0 N–H and O–H groups in total. The summed E-state index contributed by atoms with van der Waals surface area (Å²) in [6.45, 7) is 4.53. The second kappa shape index (κ2) is 3.50. The van der Waals surface area contributed by atoms with Crippen molar-refractivity contribution in [1.82, 2.24) is 0 Å². The molecule has 0 aromatic heterocycles. The Balaban J connectivity index is 3.70. The SMILES string of the molecule is CO[SiH2][N+](C)([SiH3])C(C)C. The molecule has 2 nitrogen and oxygen atoms in total. The predicted octanol–water partition coefficient (Wildman–Crippen LogP) is -1.23. The number of rotatable bonds is 3. The van der Waals surface area contributed by atoms with Crippen LogP contribution in [-0.4, -0.2) is 44.3 Å². The molecule has 0 amide bonds. The maximum atomic E-state index is 5.21. The minimum Gasteiger partial charge on any atom is -0.435 e. The van der Waals surface area contributed by atoms with Gasteiger partial charge in [0.2, 0.25) is 10.4 Å². The smallest absolute Gasteiger partial charge is 0.387 e. The van der Waals surface area contributed by atoms with Crippen molar-refractivity contribution >= 4 is 20.3 Å². The summed E-state index contributed by atoms with van der Waals surface area (Å²) in [6, 6.07) is 0.753. The van der Waals surface area contributed by atoms with E-state index in [0.29, 0.717) is 0 Å². The lowest BCUT2D eigenvalue weighted by Crippen LogP contribution is -2.50. The third kappa shape index (κ3) is 3.15. The fourth-order valence-corrected chi connectivity index (χ4v) is 2.22. The van der Waals surface area contributed by atoms with E-state index in [0.717, 1.165) is 6.04 Å². The summed E-state index contributed by atoms with van der Waals surface area (Å²) in [7, 11) is 5.02. The summed E-state index contributed by atoms with van der Waals surface area (Å²) >= 11 is 0. The molecule has 9 heavy (non-hydrogen) atoms. The summed E-state index contributed by atoms with van der Waals surface area (Å²) < 4.78 is 6.42. The first-order chi connectivity index (χ1) is 4.00. The van der Waals surface area contributed by atoms with E-state index >= 15 is 0 Å². The van der Waals surface area contributed by atoms with Gasteiger partial charge >= 0.3 is 9.92 Å². The molecular formula is C5H18NOSi2+. The molecule has 0 aromatic rings. The average molecular weight is 164 g/mol. The first-order valence-electron chi connectivity index (χ1n) is 3.32. The molecule has 0 fully saturated rings. The number of quaternary nitrogens is 1. The van der Waals surface area contributed by atoms with Crippen LogP contribution in [0, 0.1) is 0 Å². The highest BCUT2D eigenvalue weighted by molar-refractivity contribution is 6.26. The van der Waals surface area contributed by atoms with Crippen LogP contribution in [0.15, 0.2) is 0 Å². The van der Waals surface area contributed by atoms with E-state index in [1.165, 1.54) is 14.2 Å². The molecule has 0 rings (SSSR count). The van der Waals surface area contributed by atoms with Gasteiger partial charge in [0.05, 0.1) is 6.04 Å². The van der Waals surface area contributed by atoms with Gasteiger partial charge < -0.3 is 8.24 Å². The Labute approximate surface area is 63.3 Å². The summed E-state index contributed by atoms with van der Waals surface area (Å²) in [5, 5.41) is 0. The van der Waals surface area contributed by atoms with E-state index < -0.39 is 0 Å². The van der Waals surface area contributed by atoms with Crippen LogP contribution in [0.1, 0.15) is 13.8 Å². The highest BCUT2D eigenvalue weighted by atomic mass is 28.3. The zero-order chi connectivity index (χ0) is 7.49. The standard InChI is InChI=1S/C5H18NOSi2/c1-5(2)6(3,8)9-7-4/h5H,9H2,1-4,8H3/q+1. The maximum absolute atomic E-state index is 5.21. The van der Waals surface area contributed by atoms with E-state index in [1.54, 1.807) is 0 Å². The lowest BCUT2D eigenvalue weighted by atomic mass is 10.4. The van der Waals surface area contributed by atoms with Crippen LogP contribution in [-0.2, 0) is 4.43 Å². The van der Waals surface area contributed by atoms with Crippen LogP contribution in [0.5, 0.6) is 0 Å². The minimum absolute atomic E-state index is 0.299. The van der Waals surface area contributed by atoms with E-state index in [2.05, 4.69) is 20.9 Å². The van der Waals surface area contributed by atoms with Gasteiger partial charge in [-0.1, -0.05) is 0 Å². The van der Waals surface area contributed by atoms with Gasteiger partial charge in [-0.2, -0.15) is 0 Å². The molecule has 0 saturated carbocycles. The van der Waals surface area contributed by atoms with Crippen LogP contribution in [0.2, 0.25) is 0 Å². The average Bonchev–Trinajstić information content (AvgIpc) is 1.65. The van der Waals surface area contributed by atoms with Crippen LogP contribution in [0.3, 0.4) is 0 Å². The van der Waals surface area contributed by atoms with Crippen molar-refractivity contribution in [3.05, 3.63) is 0 Å². The summed E-state index contributed by atoms with van der Waals surface area (Å²) in [5.41, 5.74) is 0. The maximum Gasteiger partial charge on any atom is 0.387 e. The number of nitrogens with zero attached hydrogens (tertiary/aromatic N) is 1. The van der Waals surface area contributed by atoms with Gasteiger partial charge in [-0.25, -0.2) is 0 Å². The molecule has 56 valence electrons. The summed E-state index contributed by atoms with van der Waals surface area (Å²) in [6.07, 6.45) is 0. The summed E-state index contributed by atoms with van der Waals surface area (Å²) in [4.78, 5) is 0. The van der Waals surface area contributed by atoms with Gasteiger partial charge in [0, 0.05) is 14.2 Å². The Hall–Kier alpha value is 0.354. The minimum atomic E-state index is -0.299. The molecular weight excluding hydrogens is 146 g/mol. The second-order valence-corrected chi connectivity index (χ2v) is 9.06. The molecule has 0 aliphatic carbocycles. The number of hydrogen-bond donors (Lipinski definition) is 0. The van der Waals surface area contributed by atoms with Gasteiger partial charge in [-0.3, -0.25) is 0 Å². The quantitative estimate of drug-likeness (QED) is 0.475. The Kier molecular flexibility index (Phi) is 3.64. The Morgan fingerprint density at radius 1 is 1.56 bits per heavy atom. The molecule has 1 atom stereocenters. The van der Waals surface area contributed by atoms with E-state index in [4.69, 9.17) is 4.43 Å². The molecule has 0 aromatic carbocycles. The van der Waals surface area contributed by atoms with Gasteiger partial charge in [-0.15, -0.1) is 0 Å². The lowest BCUT2D eigenvalue weighted by molar-refractivity contribution is -0.709. The molecule has 0 bridgehead atoms. The van der Waals surface area contributed by atoms with Gasteiger partial charge in [0.25, 0.3) is 0 Å². The van der Waals surface area contributed by atoms with Crippen molar-refractivity contribution in [3.63, 3.8) is 0 Å². The molecule has 0 heterocycles. The monoisotopic (exact) mass is 164 g/mol. The van der Waals surface area contributed by atoms with Crippen molar-refractivity contribution < 1.29 is 8.24 Å². The van der Waals surface area contributed by atoms with Crippen molar-refractivity contribution in [3.8, 4) is 0 Å². The van der Waals surface area contributed by atoms with Gasteiger partial charge in [-0.05, 0) is 13.8 Å². The van der Waals surface area contributed by atoms with Crippen molar-refractivity contribution in [2.45, 2.75) is 19.9 Å². The Morgan fingerprint density at radius 2 is 2.00 bits per heavy atom. The topological polar surface area (TPSA) is 9.23 Å². The zero-order valence-electron chi connectivity index (χ0n) is 7.14. The molecule has 0 spiro atoms. The van der Waals surface area contributed by atoms with Crippen LogP contribution in [0.25, 0.3) is 0 Å². The Morgan fingerprint density at radius 3 is 2.11 bits per heavy atom. The fourth-order valence-electron chi connectivity index (χ4n) is 0.482. The Bertz CT molecular complexity index is 85.0. The highest BCUT2D eigenvalue weighted by Gasteiger charge is 2.17. The first-order valence-corrected chi connectivity index (χ1v) is 5.42. The van der Waals surface area contributed by atoms with Gasteiger partial charge in [0.1, 0.15) is 0 Å². The fraction of sp³-hybridized carbons (Fsp3) is 1.00. The number of hydrogen-bond acceptors (Lipinski definition) is 1. The van der Waals surface area contributed by atoms with E-state index in [1.807, 2.05) is 7.11 Å². The second-order valence-electron chi connectivity index (χ2n) is 3.29. The predicted molar refractivity (Wildman–Crippen MR) is 46.8 cm³/mol. The van der Waals surface area contributed by atoms with Crippen LogP contribution in [0.4, 0.5) is 0 Å². The van der Waals surface area contributed by atoms with E-state index in [-0.39, 0.29) is 9.92 Å². The van der Waals surface area contributed by atoms with Crippen molar-refractivity contribution in [2.75, 3.05) is 14.2 Å². The summed E-state index contributed by atoms with van der Waals surface area (Å²) in [5.74, 6) is 0. The van der Waals surface area contributed by atoms with E-state index in [9.17, 15) is 0 Å². The van der Waals surface area contributed by atoms with Crippen LogP contribution < -0.4 is 0 Å². The largest absolute Gasteiger partial charge is 0.435 e. The molecule has 1 unspecified atom stereocenters.